The first-order valence-electron chi connectivity index (χ1n) is 13.3. The van der Waals surface area contributed by atoms with Gasteiger partial charge >= 0.3 is 6.09 Å². The normalized spacial score (nSPS) is 21.2. The number of carbonyl (C=O) groups excluding carboxylic acids is 1. The number of benzene rings is 1. The molecule has 3 saturated heterocycles. The highest BCUT2D eigenvalue weighted by Crippen LogP contribution is 2.35. The van der Waals surface area contributed by atoms with Crippen molar-refractivity contribution in [2.45, 2.75) is 77.5 Å². The van der Waals surface area contributed by atoms with E-state index in [-0.39, 0.29) is 33.1 Å². The number of aryl methyl sites for hydroxylation is 2. The van der Waals surface area contributed by atoms with Crippen LogP contribution in [0.25, 0.3) is 16.7 Å². The van der Waals surface area contributed by atoms with Gasteiger partial charge in [-0.2, -0.15) is 32.1 Å². The molecule has 3 fully saturated rings. The Labute approximate surface area is 244 Å². The fourth-order valence-electron chi connectivity index (χ4n) is 6.00. The predicted octanol–water partition coefficient (Wildman–Crippen LogP) is 4.75. The van der Waals surface area contributed by atoms with Crippen LogP contribution in [0.3, 0.4) is 0 Å². The summed E-state index contributed by atoms with van der Waals surface area (Å²) in [6.45, 7) is 12.9. The molecule has 1 amide bonds. The van der Waals surface area contributed by atoms with Crippen molar-refractivity contribution in [3.63, 3.8) is 0 Å². The van der Waals surface area contributed by atoms with Crippen molar-refractivity contribution in [2.24, 2.45) is 0 Å². The van der Waals surface area contributed by atoms with Crippen molar-refractivity contribution in [3.05, 3.63) is 41.3 Å². The maximum Gasteiger partial charge on any atom is 0.410 e. The zero-order chi connectivity index (χ0) is 25.9. The molecule has 0 spiro atoms. The van der Waals surface area contributed by atoms with Crippen molar-refractivity contribution in [2.75, 3.05) is 31.1 Å². The average Bonchev–Trinajstić information content (AvgIpc) is 3.58. The number of aromatic nitrogens is 4. The number of amides is 1. The average molecular weight is 573 g/mol. The van der Waals surface area contributed by atoms with Crippen LogP contribution in [0.5, 0.6) is 0 Å². The third kappa shape index (κ3) is 5.85. The molecule has 0 saturated carbocycles. The summed E-state index contributed by atoms with van der Waals surface area (Å²) in [6, 6.07) is 6.94. The molecule has 2 bridgehead atoms. The van der Waals surface area contributed by atoms with Crippen molar-refractivity contribution < 1.29 is 14.3 Å². The van der Waals surface area contributed by atoms with Gasteiger partial charge in [0.15, 0.2) is 5.82 Å². The maximum atomic E-state index is 12.5. The van der Waals surface area contributed by atoms with Gasteiger partial charge < -0.3 is 19.3 Å². The van der Waals surface area contributed by atoms with E-state index in [1.807, 2.05) is 43.5 Å². The molecular formula is C28H40N6O3S2. The van der Waals surface area contributed by atoms with E-state index in [0.29, 0.717) is 31.2 Å². The van der Waals surface area contributed by atoms with Crippen LogP contribution in [0.2, 0.25) is 0 Å². The van der Waals surface area contributed by atoms with E-state index >= 15 is 0 Å². The van der Waals surface area contributed by atoms with E-state index in [4.69, 9.17) is 24.5 Å². The number of nitrogens with zero attached hydrogens (tertiary/aromatic N) is 6. The molecule has 39 heavy (non-hydrogen) atoms. The van der Waals surface area contributed by atoms with E-state index in [9.17, 15) is 4.79 Å². The summed E-state index contributed by atoms with van der Waals surface area (Å²) < 4.78 is 13.3. The molecular weight excluding hydrogens is 532 g/mol. The number of piperidine rings is 1. The lowest BCUT2D eigenvalue weighted by Gasteiger charge is -2.34. The number of likely N-dealkylation sites (tertiary alicyclic amines) is 1. The molecule has 2 atom stereocenters. The topological polar surface area (TPSA) is 85.6 Å². The first-order valence-corrected chi connectivity index (χ1v) is 13.3. The Morgan fingerprint density at radius 1 is 1.05 bits per heavy atom. The number of hydrogen-bond donors (Lipinski definition) is 0. The maximum absolute atomic E-state index is 12.5. The number of fused-ring (bicyclic) bond motifs is 3. The van der Waals surface area contributed by atoms with Crippen molar-refractivity contribution >= 4 is 49.8 Å². The highest BCUT2D eigenvalue weighted by atomic mass is 32.1. The van der Waals surface area contributed by atoms with Gasteiger partial charge in [0.25, 0.3) is 0 Å². The number of hydrogen-bond acceptors (Lipinski definition) is 7. The quantitative estimate of drug-likeness (QED) is 0.448. The fourth-order valence-corrected chi connectivity index (χ4v) is 6.00. The van der Waals surface area contributed by atoms with Gasteiger partial charge in [0.1, 0.15) is 17.2 Å². The molecule has 5 heterocycles. The SMILES string of the molecule is Cc1nc(N2CC3CC2CO3)cc(-n2ncc3cc(C)c(C4CCN(C(=O)OC(C)(C)C)CC4)cc32)n1.S.S. The first kappa shape index (κ1) is 29.5. The molecule has 1 aromatic carbocycles. The van der Waals surface area contributed by atoms with Crippen LogP contribution < -0.4 is 4.90 Å². The molecule has 212 valence electrons. The number of anilines is 1. The van der Waals surface area contributed by atoms with Gasteiger partial charge in [-0.3, -0.25) is 0 Å². The van der Waals surface area contributed by atoms with Crippen LogP contribution in [0.4, 0.5) is 10.6 Å². The molecule has 6 rings (SSSR count). The summed E-state index contributed by atoms with van der Waals surface area (Å²) in [5.74, 6) is 2.86. The van der Waals surface area contributed by atoms with E-state index in [2.05, 4.69) is 30.0 Å². The fraction of sp³-hybridized carbons (Fsp3) is 0.571. The summed E-state index contributed by atoms with van der Waals surface area (Å²) >= 11 is 0. The van der Waals surface area contributed by atoms with E-state index in [0.717, 1.165) is 60.8 Å². The standard InChI is InChI=1S/C28H36N6O3.2H2S/c1-17-10-20-14-29-34(26-13-25(30-18(2)31-26)33-15-22-11-21(33)16-36-22)24(20)12-23(17)19-6-8-32(9-7-19)27(35)37-28(3,4)5;;/h10,12-14,19,21-22H,6-9,11,15-16H2,1-5H3;2*1H2. The Kier molecular flexibility index (Phi) is 8.45. The molecule has 3 aliphatic heterocycles. The van der Waals surface area contributed by atoms with Crippen LogP contribution in [0, 0.1) is 13.8 Å². The molecule has 9 nitrogen and oxygen atoms in total. The van der Waals surface area contributed by atoms with E-state index in [1.165, 1.54) is 11.1 Å². The van der Waals surface area contributed by atoms with Gasteiger partial charge in [0.2, 0.25) is 0 Å². The molecule has 0 N–H and O–H groups in total. The Morgan fingerprint density at radius 2 is 1.77 bits per heavy atom. The second-order valence-corrected chi connectivity index (χ2v) is 11.7. The second kappa shape index (κ2) is 11.2. The van der Waals surface area contributed by atoms with Gasteiger partial charge in [0, 0.05) is 31.1 Å². The largest absolute Gasteiger partial charge is 0.444 e. The molecule has 2 aromatic heterocycles. The highest BCUT2D eigenvalue weighted by Gasteiger charge is 2.40. The van der Waals surface area contributed by atoms with Gasteiger partial charge in [-0.05, 0) is 83.1 Å². The zero-order valence-corrected chi connectivity index (χ0v) is 25.4. The number of carbonyl (C=O) groups is 1. The molecule has 3 aromatic rings. The molecule has 3 aliphatic rings. The predicted molar refractivity (Wildman–Crippen MR) is 162 cm³/mol. The number of morpholine rings is 1. The van der Waals surface area contributed by atoms with Crippen LogP contribution >= 0.6 is 27.0 Å². The summed E-state index contributed by atoms with van der Waals surface area (Å²) in [6.07, 6.45) is 4.90. The summed E-state index contributed by atoms with van der Waals surface area (Å²) in [5, 5.41) is 5.83. The number of rotatable bonds is 3. The Hall–Kier alpha value is -2.50. The minimum Gasteiger partial charge on any atom is -0.444 e. The van der Waals surface area contributed by atoms with Crippen molar-refractivity contribution in [1.82, 2.24) is 24.6 Å². The summed E-state index contributed by atoms with van der Waals surface area (Å²) in [4.78, 5) is 26.2. The minimum absolute atomic E-state index is 0. The van der Waals surface area contributed by atoms with Crippen LogP contribution in [0.1, 0.15) is 62.9 Å². The van der Waals surface area contributed by atoms with Gasteiger partial charge in [-0.1, -0.05) is 0 Å². The molecule has 0 radical (unpaired) electrons. The Balaban J connectivity index is 0.00000176. The lowest BCUT2D eigenvalue weighted by atomic mass is 9.86. The van der Waals surface area contributed by atoms with Crippen LogP contribution in [0.15, 0.2) is 24.4 Å². The molecule has 11 heteroatoms. The lowest BCUT2D eigenvalue weighted by Crippen LogP contribution is -2.41. The highest BCUT2D eigenvalue weighted by molar-refractivity contribution is 7.59. The van der Waals surface area contributed by atoms with E-state index < -0.39 is 5.60 Å². The Bertz CT molecular complexity index is 1350. The monoisotopic (exact) mass is 572 g/mol. The van der Waals surface area contributed by atoms with Gasteiger partial charge in [-0.25, -0.2) is 19.4 Å². The zero-order valence-electron chi connectivity index (χ0n) is 23.4. The summed E-state index contributed by atoms with van der Waals surface area (Å²) in [7, 11) is 0. The van der Waals surface area contributed by atoms with Crippen LogP contribution in [-0.4, -0.2) is 74.7 Å². The molecule has 2 unspecified atom stereocenters. The second-order valence-electron chi connectivity index (χ2n) is 11.7. The van der Waals surface area contributed by atoms with Crippen molar-refractivity contribution in [3.8, 4) is 5.82 Å². The first-order chi connectivity index (χ1) is 17.6. The molecule has 0 aliphatic carbocycles. The minimum atomic E-state index is -0.477. The smallest absolute Gasteiger partial charge is 0.410 e. The Morgan fingerprint density at radius 3 is 2.41 bits per heavy atom. The van der Waals surface area contributed by atoms with Crippen LogP contribution in [-0.2, 0) is 9.47 Å². The third-order valence-corrected chi connectivity index (χ3v) is 7.76. The van der Waals surface area contributed by atoms with Gasteiger partial charge in [0.05, 0.1) is 30.5 Å². The number of ether oxygens (including phenoxy) is 2. The lowest BCUT2D eigenvalue weighted by molar-refractivity contribution is 0.0205. The third-order valence-electron chi connectivity index (χ3n) is 7.76. The van der Waals surface area contributed by atoms with Gasteiger partial charge in [-0.15, -0.1) is 0 Å². The summed E-state index contributed by atoms with van der Waals surface area (Å²) in [5.41, 5.74) is 3.15. The van der Waals surface area contributed by atoms with Crippen molar-refractivity contribution in [1.29, 1.82) is 0 Å². The van der Waals surface area contributed by atoms with E-state index in [1.54, 1.807) is 0 Å².